The van der Waals surface area contributed by atoms with Gasteiger partial charge in [-0.15, -0.1) is 11.3 Å². The summed E-state index contributed by atoms with van der Waals surface area (Å²) in [6, 6.07) is 10.3. The van der Waals surface area contributed by atoms with Crippen molar-refractivity contribution in [1.29, 1.82) is 0 Å². The third-order valence-electron chi connectivity index (χ3n) is 6.13. The highest BCUT2D eigenvalue weighted by Crippen LogP contribution is 2.39. The molecule has 5 nitrogen and oxygen atoms in total. The van der Waals surface area contributed by atoms with E-state index in [4.69, 9.17) is 26.4 Å². The molecule has 3 aromatic rings. The van der Waals surface area contributed by atoms with E-state index in [1.807, 2.05) is 38.2 Å². The molecule has 2 heterocycles. The Bertz CT molecular complexity index is 1170. The summed E-state index contributed by atoms with van der Waals surface area (Å²) in [7, 11) is 0. The van der Waals surface area contributed by atoms with Crippen molar-refractivity contribution < 1.29 is 14.6 Å². The molecular weight excluding hydrogens is 468 g/mol. The van der Waals surface area contributed by atoms with E-state index >= 15 is 0 Å². The number of carboxylic acid groups (broad SMARTS) is 1. The summed E-state index contributed by atoms with van der Waals surface area (Å²) in [6.45, 7) is 8.88. The van der Waals surface area contributed by atoms with Crippen LogP contribution in [-0.4, -0.2) is 40.2 Å². The fourth-order valence-electron chi connectivity index (χ4n) is 4.59. The standard InChI is InChI=1S/C27H31ClN2O3S/c1-4-20-21-11-13-30(12-5-6-26(31)32)16-19(21)7-9-22(20)25-15-29-27(34-25)18-8-10-24(23(28)14-18)33-17(2)3/h7-10,14-15,17H,4-6,11-13,16H2,1-3H3,(H,31,32). The largest absolute Gasteiger partial charge is 0.489 e. The predicted octanol–water partition coefficient (Wildman–Crippen LogP) is 6.70. The summed E-state index contributed by atoms with van der Waals surface area (Å²) in [4.78, 5) is 19.1. The Morgan fingerprint density at radius 2 is 2.12 bits per heavy atom. The number of carboxylic acids is 1. The van der Waals surface area contributed by atoms with Gasteiger partial charge in [-0.25, -0.2) is 4.98 Å². The van der Waals surface area contributed by atoms with Gasteiger partial charge in [-0.05, 0) is 80.1 Å². The van der Waals surface area contributed by atoms with Gasteiger partial charge >= 0.3 is 5.97 Å². The van der Waals surface area contributed by atoms with Gasteiger partial charge in [-0.2, -0.15) is 0 Å². The van der Waals surface area contributed by atoms with E-state index in [1.165, 1.54) is 22.3 Å². The molecule has 2 aromatic carbocycles. The Hall–Kier alpha value is -2.41. The Morgan fingerprint density at radius 3 is 2.82 bits per heavy atom. The van der Waals surface area contributed by atoms with Crippen molar-refractivity contribution in [3.05, 3.63) is 58.2 Å². The average molecular weight is 499 g/mol. The van der Waals surface area contributed by atoms with E-state index in [0.717, 1.165) is 47.9 Å². The maximum atomic E-state index is 10.8. The highest BCUT2D eigenvalue weighted by molar-refractivity contribution is 7.18. The van der Waals surface area contributed by atoms with E-state index in [-0.39, 0.29) is 12.5 Å². The summed E-state index contributed by atoms with van der Waals surface area (Å²) in [6.07, 6.45) is 4.93. The van der Waals surface area contributed by atoms with E-state index in [1.54, 1.807) is 11.3 Å². The minimum absolute atomic E-state index is 0.0723. The average Bonchev–Trinajstić information content (AvgIpc) is 3.29. The van der Waals surface area contributed by atoms with Crippen molar-refractivity contribution in [3.8, 4) is 26.8 Å². The number of rotatable bonds is 9. The van der Waals surface area contributed by atoms with Crippen LogP contribution in [0.25, 0.3) is 21.0 Å². The first-order valence-electron chi connectivity index (χ1n) is 11.9. The molecule has 0 fully saturated rings. The number of hydrogen-bond donors (Lipinski definition) is 1. The molecule has 0 unspecified atom stereocenters. The van der Waals surface area contributed by atoms with Gasteiger partial charge in [-0.3, -0.25) is 9.69 Å². The van der Waals surface area contributed by atoms with Crippen molar-refractivity contribution in [1.82, 2.24) is 9.88 Å². The van der Waals surface area contributed by atoms with Crippen LogP contribution in [0.15, 0.2) is 36.5 Å². The molecule has 0 amide bonds. The van der Waals surface area contributed by atoms with Gasteiger partial charge in [0.25, 0.3) is 0 Å². The topological polar surface area (TPSA) is 62.7 Å². The second-order valence-corrected chi connectivity index (χ2v) is 10.4. The molecule has 0 saturated heterocycles. The van der Waals surface area contributed by atoms with Crippen LogP contribution >= 0.6 is 22.9 Å². The Labute approximate surface area is 210 Å². The number of aliphatic carboxylic acids is 1. The minimum atomic E-state index is -0.721. The summed E-state index contributed by atoms with van der Waals surface area (Å²) in [5, 5.41) is 10.4. The zero-order chi connectivity index (χ0) is 24.2. The number of halogens is 1. The van der Waals surface area contributed by atoms with Gasteiger partial charge in [0.15, 0.2) is 0 Å². The van der Waals surface area contributed by atoms with Crippen LogP contribution in [-0.2, 0) is 24.2 Å². The number of thiazole rings is 1. The van der Waals surface area contributed by atoms with Crippen molar-refractivity contribution >= 4 is 28.9 Å². The van der Waals surface area contributed by atoms with Gasteiger partial charge in [0, 0.05) is 31.3 Å². The molecular formula is C27H31ClN2O3S. The maximum absolute atomic E-state index is 10.8. The van der Waals surface area contributed by atoms with Gasteiger partial charge < -0.3 is 9.84 Å². The quantitative estimate of drug-likeness (QED) is 0.355. The fraction of sp³-hybridized carbons (Fsp3) is 0.407. The molecule has 0 saturated carbocycles. The van der Waals surface area contributed by atoms with Gasteiger partial charge in [-0.1, -0.05) is 30.7 Å². The molecule has 0 atom stereocenters. The molecule has 7 heteroatoms. The number of ether oxygens (including phenoxy) is 1. The Morgan fingerprint density at radius 1 is 1.29 bits per heavy atom. The lowest BCUT2D eigenvalue weighted by Crippen LogP contribution is -2.32. The molecule has 1 aliphatic rings. The smallest absolute Gasteiger partial charge is 0.303 e. The van der Waals surface area contributed by atoms with Crippen molar-refractivity contribution in [2.45, 2.75) is 59.1 Å². The van der Waals surface area contributed by atoms with Crippen LogP contribution in [0, 0.1) is 0 Å². The molecule has 0 spiro atoms. The monoisotopic (exact) mass is 498 g/mol. The summed E-state index contributed by atoms with van der Waals surface area (Å²) in [5.74, 6) is -0.0292. The highest BCUT2D eigenvalue weighted by atomic mass is 35.5. The van der Waals surface area contributed by atoms with Crippen LogP contribution in [0.4, 0.5) is 0 Å². The Balaban J connectivity index is 1.55. The van der Waals surface area contributed by atoms with E-state index in [9.17, 15) is 4.79 Å². The summed E-state index contributed by atoms with van der Waals surface area (Å²) >= 11 is 8.14. The third-order valence-corrected chi connectivity index (χ3v) is 7.51. The first kappa shape index (κ1) is 24.7. The Kier molecular flexibility index (Phi) is 7.91. The molecule has 180 valence electrons. The van der Waals surface area contributed by atoms with Gasteiger partial charge in [0.1, 0.15) is 10.8 Å². The van der Waals surface area contributed by atoms with E-state index in [2.05, 4.69) is 24.0 Å². The second kappa shape index (κ2) is 10.9. The minimum Gasteiger partial charge on any atom is -0.489 e. The van der Waals surface area contributed by atoms with Crippen LogP contribution < -0.4 is 4.74 Å². The lowest BCUT2D eigenvalue weighted by Gasteiger charge is -2.30. The van der Waals surface area contributed by atoms with E-state index in [0.29, 0.717) is 17.2 Å². The molecule has 0 aliphatic carbocycles. The molecule has 1 N–H and O–H groups in total. The molecule has 4 rings (SSSR count). The molecule has 34 heavy (non-hydrogen) atoms. The second-order valence-electron chi connectivity index (χ2n) is 8.95. The van der Waals surface area contributed by atoms with E-state index < -0.39 is 5.97 Å². The zero-order valence-electron chi connectivity index (χ0n) is 19.9. The molecule has 0 bridgehead atoms. The number of carbonyl (C=O) groups is 1. The highest BCUT2D eigenvalue weighted by Gasteiger charge is 2.21. The predicted molar refractivity (Wildman–Crippen MR) is 139 cm³/mol. The third kappa shape index (κ3) is 5.62. The lowest BCUT2D eigenvalue weighted by molar-refractivity contribution is -0.137. The number of benzene rings is 2. The number of nitrogens with zero attached hydrogens (tertiary/aromatic N) is 2. The van der Waals surface area contributed by atoms with Crippen molar-refractivity contribution in [2.75, 3.05) is 13.1 Å². The summed E-state index contributed by atoms with van der Waals surface area (Å²) in [5.41, 5.74) is 6.46. The van der Waals surface area contributed by atoms with Crippen LogP contribution in [0.3, 0.4) is 0 Å². The number of fused-ring (bicyclic) bond motifs is 1. The number of aromatic nitrogens is 1. The normalized spacial score (nSPS) is 13.8. The van der Waals surface area contributed by atoms with Gasteiger partial charge in [0.2, 0.25) is 0 Å². The molecule has 0 radical (unpaired) electrons. The zero-order valence-corrected chi connectivity index (χ0v) is 21.5. The first-order chi connectivity index (χ1) is 16.4. The van der Waals surface area contributed by atoms with Crippen LogP contribution in [0.2, 0.25) is 5.02 Å². The van der Waals surface area contributed by atoms with Crippen LogP contribution in [0.5, 0.6) is 5.75 Å². The fourth-order valence-corrected chi connectivity index (χ4v) is 5.78. The molecule has 1 aromatic heterocycles. The maximum Gasteiger partial charge on any atom is 0.303 e. The lowest BCUT2D eigenvalue weighted by atomic mass is 9.89. The van der Waals surface area contributed by atoms with Crippen molar-refractivity contribution in [3.63, 3.8) is 0 Å². The number of hydrogen-bond acceptors (Lipinski definition) is 5. The van der Waals surface area contributed by atoms with Crippen molar-refractivity contribution in [2.24, 2.45) is 0 Å². The first-order valence-corrected chi connectivity index (χ1v) is 13.1. The van der Waals surface area contributed by atoms with Gasteiger partial charge in [0.05, 0.1) is 16.0 Å². The van der Waals surface area contributed by atoms with Crippen LogP contribution in [0.1, 0.15) is 50.3 Å². The molecule has 1 aliphatic heterocycles. The SMILES string of the molecule is CCc1c(-c2cnc(-c3ccc(OC(C)C)c(Cl)c3)s2)ccc2c1CCN(CCCC(=O)O)C2. The summed E-state index contributed by atoms with van der Waals surface area (Å²) < 4.78 is 5.75.